The van der Waals surface area contributed by atoms with Gasteiger partial charge in [0, 0.05) is 17.4 Å². The normalized spacial score (nSPS) is 13.3. The lowest BCUT2D eigenvalue weighted by atomic mass is 10.1. The zero-order valence-electron chi connectivity index (χ0n) is 17.6. The van der Waals surface area contributed by atoms with Gasteiger partial charge in [0.25, 0.3) is 5.91 Å². The molecule has 170 valence electrons. The van der Waals surface area contributed by atoms with Gasteiger partial charge in [-0.05, 0) is 36.4 Å². The molecule has 0 aliphatic carbocycles. The highest BCUT2D eigenvalue weighted by atomic mass is 35.5. The first kappa shape index (κ1) is 22.0. The van der Waals surface area contributed by atoms with Crippen molar-refractivity contribution in [3.63, 3.8) is 0 Å². The Labute approximate surface area is 204 Å². The van der Waals surface area contributed by atoms with Gasteiger partial charge in [0.2, 0.25) is 0 Å². The van der Waals surface area contributed by atoms with Crippen molar-refractivity contribution in [1.82, 2.24) is 19.3 Å². The van der Waals surface area contributed by atoms with Crippen LogP contribution in [0.25, 0.3) is 17.1 Å². The smallest absolute Gasteiger partial charge is 0.271 e. The molecule has 0 unspecified atom stereocenters. The number of imidazole rings is 1. The number of hydrogen-bond donors (Lipinski definition) is 2. The summed E-state index contributed by atoms with van der Waals surface area (Å²) < 4.78 is 8.67. The van der Waals surface area contributed by atoms with Gasteiger partial charge in [0.1, 0.15) is 17.6 Å². The zero-order chi connectivity index (χ0) is 23.8. The lowest BCUT2D eigenvalue weighted by Crippen LogP contribution is -2.30. The first-order valence-corrected chi connectivity index (χ1v) is 11.0. The predicted molar refractivity (Wildman–Crippen MR) is 128 cm³/mol. The Morgan fingerprint density at radius 1 is 1.15 bits per heavy atom. The maximum absolute atomic E-state index is 12.0. The number of anilines is 2. The number of rotatable bonds is 6. The SMILES string of the molecule is N#Cc1cn(C2COC2)c(-c2ccc(Nc3cn(-c4c(Cl)cccc4Cl)nc3C(N)=O)cc2)n1. The number of aromatic nitrogens is 4. The van der Waals surface area contributed by atoms with Crippen LogP contribution in [0.3, 0.4) is 0 Å². The molecule has 5 rings (SSSR count). The van der Waals surface area contributed by atoms with Crippen molar-refractivity contribution in [1.29, 1.82) is 5.26 Å². The van der Waals surface area contributed by atoms with E-state index < -0.39 is 5.91 Å². The van der Waals surface area contributed by atoms with Crippen LogP contribution in [0.15, 0.2) is 54.9 Å². The Kier molecular flexibility index (Phi) is 5.71. The molecule has 0 atom stereocenters. The van der Waals surface area contributed by atoms with Gasteiger partial charge >= 0.3 is 0 Å². The maximum atomic E-state index is 12.0. The van der Waals surface area contributed by atoms with E-state index in [4.69, 9.17) is 33.7 Å². The predicted octanol–water partition coefficient (Wildman–Crippen LogP) is 4.33. The number of ether oxygens (including phenoxy) is 1. The van der Waals surface area contributed by atoms with Crippen molar-refractivity contribution in [3.05, 3.63) is 76.3 Å². The van der Waals surface area contributed by atoms with E-state index in [0.29, 0.717) is 51.8 Å². The number of hydrogen-bond acceptors (Lipinski definition) is 6. The Bertz CT molecular complexity index is 1410. The Morgan fingerprint density at radius 2 is 1.85 bits per heavy atom. The number of para-hydroxylation sites is 1. The molecule has 1 amide bonds. The summed E-state index contributed by atoms with van der Waals surface area (Å²) in [6.07, 6.45) is 3.34. The molecule has 9 nitrogen and oxygen atoms in total. The van der Waals surface area contributed by atoms with Crippen LogP contribution in [0.2, 0.25) is 10.0 Å². The number of amides is 1. The molecule has 0 radical (unpaired) electrons. The average molecular weight is 494 g/mol. The van der Waals surface area contributed by atoms with Gasteiger partial charge in [-0.1, -0.05) is 29.3 Å². The largest absolute Gasteiger partial charge is 0.377 e. The molecule has 2 aromatic carbocycles. The molecule has 0 bridgehead atoms. The minimum absolute atomic E-state index is 0.0410. The first-order chi connectivity index (χ1) is 16.4. The molecule has 3 N–H and O–H groups in total. The quantitative estimate of drug-likeness (QED) is 0.411. The molecular formula is C23H17Cl2N7O2. The molecule has 1 aliphatic rings. The summed E-state index contributed by atoms with van der Waals surface area (Å²) in [6.45, 7) is 1.17. The number of nitrogens with zero attached hydrogens (tertiary/aromatic N) is 5. The van der Waals surface area contributed by atoms with Crippen LogP contribution in [0.4, 0.5) is 11.4 Å². The van der Waals surface area contributed by atoms with Crippen molar-refractivity contribution in [2.75, 3.05) is 18.5 Å². The number of carbonyl (C=O) groups excluding carboxylic acids is 1. The van der Waals surface area contributed by atoms with E-state index >= 15 is 0 Å². The highest BCUT2D eigenvalue weighted by molar-refractivity contribution is 6.37. The van der Waals surface area contributed by atoms with Crippen molar-refractivity contribution >= 4 is 40.5 Å². The standard InChI is InChI=1S/C23H17Cl2N7O2/c24-17-2-1-3-18(25)21(17)32-10-19(20(30-32)22(27)33)28-14-6-4-13(5-7-14)23-29-15(8-26)9-31(23)16-11-34-12-16/h1-7,9-10,16,28H,11-12H2,(H2,27,33). The topological polar surface area (TPSA) is 124 Å². The number of halogens is 2. The van der Waals surface area contributed by atoms with Gasteiger partial charge in [-0.15, -0.1) is 0 Å². The molecule has 34 heavy (non-hydrogen) atoms. The number of nitriles is 1. The van der Waals surface area contributed by atoms with Crippen molar-refractivity contribution in [2.45, 2.75) is 6.04 Å². The number of nitrogens with one attached hydrogen (secondary N) is 1. The summed E-state index contributed by atoms with van der Waals surface area (Å²) in [5, 5.41) is 17.5. The first-order valence-electron chi connectivity index (χ1n) is 10.2. The Hall–Kier alpha value is -3.84. The van der Waals surface area contributed by atoms with Gasteiger partial charge in [0.15, 0.2) is 11.4 Å². The summed E-state index contributed by atoms with van der Waals surface area (Å²) in [7, 11) is 0. The van der Waals surface area contributed by atoms with Crippen LogP contribution in [0.5, 0.6) is 0 Å². The van der Waals surface area contributed by atoms with Gasteiger partial charge in [-0.2, -0.15) is 10.4 Å². The molecule has 11 heteroatoms. The van der Waals surface area contributed by atoms with E-state index in [2.05, 4.69) is 21.5 Å². The van der Waals surface area contributed by atoms with E-state index in [-0.39, 0.29) is 11.7 Å². The molecule has 2 aromatic heterocycles. The van der Waals surface area contributed by atoms with Crippen LogP contribution >= 0.6 is 23.2 Å². The number of carbonyl (C=O) groups is 1. The molecule has 0 saturated carbocycles. The number of nitrogens with two attached hydrogens (primary N) is 1. The molecule has 1 aliphatic heterocycles. The fraction of sp³-hybridized carbons (Fsp3) is 0.130. The zero-order valence-corrected chi connectivity index (χ0v) is 19.1. The van der Waals surface area contributed by atoms with Gasteiger partial charge < -0.3 is 20.4 Å². The lowest BCUT2D eigenvalue weighted by molar-refractivity contribution is -0.0226. The van der Waals surface area contributed by atoms with E-state index in [1.165, 1.54) is 4.68 Å². The fourth-order valence-corrected chi connectivity index (χ4v) is 4.22. The van der Waals surface area contributed by atoms with Crippen LogP contribution in [0.1, 0.15) is 22.2 Å². The summed E-state index contributed by atoms with van der Waals surface area (Å²) in [6, 6.07) is 14.7. The van der Waals surface area contributed by atoms with Crippen molar-refractivity contribution in [3.8, 4) is 23.1 Å². The third-order valence-electron chi connectivity index (χ3n) is 5.40. The molecular weight excluding hydrogens is 477 g/mol. The minimum atomic E-state index is -0.699. The Morgan fingerprint density at radius 3 is 2.44 bits per heavy atom. The van der Waals surface area contributed by atoms with Gasteiger partial charge in [0.05, 0.1) is 41.2 Å². The molecule has 1 fully saturated rings. The van der Waals surface area contributed by atoms with E-state index in [0.717, 1.165) is 5.56 Å². The van der Waals surface area contributed by atoms with E-state index in [1.54, 1.807) is 30.6 Å². The summed E-state index contributed by atoms with van der Waals surface area (Å²) in [4.78, 5) is 16.5. The maximum Gasteiger partial charge on any atom is 0.271 e. The van der Waals surface area contributed by atoms with Gasteiger partial charge in [-0.25, -0.2) is 9.67 Å². The third-order valence-corrected chi connectivity index (χ3v) is 6.01. The second-order valence-electron chi connectivity index (χ2n) is 7.63. The number of benzene rings is 2. The highest BCUT2D eigenvalue weighted by Crippen LogP contribution is 2.31. The average Bonchev–Trinajstić information content (AvgIpc) is 3.38. The van der Waals surface area contributed by atoms with Crippen LogP contribution < -0.4 is 11.1 Å². The molecule has 0 spiro atoms. The monoisotopic (exact) mass is 493 g/mol. The second-order valence-corrected chi connectivity index (χ2v) is 8.45. The summed E-state index contributed by atoms with van der Waals surface area (Å²) in [5.41, 5.74) is 8.31. The summed E-state index contributed by atoms with van der Waals surface area (Å²) in [5.74, 6) is -0.00905. The third kappa shape index (κ3) is 3.99. The lowest BCUT2D eigenvalue weighted by Gasteiger charge is -2.28. The van der Waals surface area contributed by atoms with Gasteiger partial charge in [-0.3, -0.25) is 4.79 Å². The van der Waals surface area contributed by atoms with E-state index in [1.807, 2.05) is 28.8 Å². The molecule has 1 saturated heterocycles. The van der Waals surface area contributed by atoms with Crippen LogP contribution in [-0.2, 0) is 4.74 Å². The second kappa shape index (κ2) is 8.83. The van der Waals surface area contributed by atoms with Crippen molar-refractivity contribution < 1.29 is 9.53 Å². The minimum Gasteiger partial charge on any atom is -0.377 e. The van der Waals surface area contributed by atoms with Crippen LogP contribution in [0, 0.1) is 11.3 Å². The van der Waals surface area contributed by atoms with E-state index in [9.17, 15) is 10.1 Å². The molecule has 3 heterocycles. The van der Waals surface area contributed by atoms with Crippen LogP contribution in [-0.4, -0.2) is 38.5 Å². The highest BCUT2D eigenvalue weighted by Gasteiger charge is 2.25. The number of primary amides is 1. The molecule has 4 aromatic rings. The fourth-order valence-electron chi connectivity index (χ4n) is 3.65. The summed E-state index contributed by atoms with van der Waals surface area (Å²) >= 11 is 12.6. The van der Waals surface area contributed by atoms with Crippen molar-refractivity contribution in [2.24, 2.45) is 5.73 Å². The Balaban J connectivity index is 1.45.